The van der Waals surface area contributed by atoms with Crippen LogP contribution in [0.3, 0.4) is 0 Å². The zero-order chi connectivity index (χ0) is 28.1. The molecule has 202 valence electrons. The van der Waals surface area contributed by atoms with Gasteiger partial charge in [-0.15, -0.1) is 9.78 Å². The number of hydrogen-bond acceptors (Lipinski definition) is 6. The van der Waals surface area contributed by atoms with E-state index in [1.165, 1.54) is 35.1 Å². The molecule has 0 radical (unpaired) electrons. The van der Waals surface area contributed by atoms with Crippen molar-refractivity contribution in [3.8, 4) is 11.3 Å². The molecule has 1 amide bonds. The lowest BCUT2D eigenvalue weighted by atomic mass is 10.0. The average Bonchev–Trinajstić information content (AvgIpc) is 3.26. The summed E-state index contributed by atoms with van der Waals surface area (Å²) >= 11 is 0. The monoisotopic (exact) mass is 541 g/mol. The number of anilines is 1. The van der Waals surface area contributed by atoms with Crippen molar-refractivity contribution in [1.29, 1.82) is 5.41 Å². The molecular formula is C26H25F4N8O+. The molecule has 13 heteroatoms. The van der Waals surface area contributed by atoms with Gasteiger partial charge < -0.3 is 15.5 Å². The molecule has 5 rings (SSSR count). The van der Waals surface area contributed by atoms with Crippen molar-refractivity contribution in [2.24, 2.45) is 7.05 Å². The summed E-state index contributed by atoms with van der Waals surface area (Å²) in [6.07, 6.45) is 1.45. The predicted octanol–water partition coefficient (Wildman–Crippen LogP) is 2.79. The van der Waals surface area contributed by atoms with Crippen molar-refractivity contribution >= 4 is 28.5 Å². The van der Waals surface area contributed by atoms with Gasteiger partial charge in [-0.25, -0.2) is 8.78 Å². The zero-order valence-electron chi connectivity index (χ0n) is 21.1. The Hall–Kier alpha value is -4.39. The zero-order valence-corrected chi connectivity index (χ0v) is 21.1. The van der Waals surface area contributed by atoms with Gasteiger partial charge in [0, 0.05) is 62.5 Å². The van der Waals surface area contributed by atoms with E-state index in [0.29, 0.717) is 30.9 Å². The molecule has 3 heterocycles. The standard InChI is InChI=1S/C26H24F4N8O/c1-35-7-9-37(10-8-35)24(39)17-4-3-15(12-19(17)27)21-5-6-23(31)38(34-21)25(32)26(29,30)18-11-16-14-36(2)33-22(16)13-20(18)28/h3-6,11-14,31-32H,7-10H2,1-2H3/p+1. The van der Waals surface area contributed by atoms with Crippen molar-refractivity contribution in [2.75, 3.05) is 39.0 Å². The first-order valence-corrected chi connectivity index (χ1v) is 12.0. The Morgan fingerprint density at radius 1 is 1.03 bits per heavy atom. The maximum absolute atomic E-state index is 15.4. The second-order valence-corrected chi connectivity index (χ2v) is 9.46. The van der Waals surface area contributed by atoms with E-state index in [2.05, 4.69) is 15.1 Å². The van der Waals surface area contributed by atoms with Crippen LogP contribution in [0.4, 0.5) is 23.4 Å². The van der Waals surface area contributed by atoms with Gasteiger partial charge in [-0.1, -0.05) is 6.07 Å². The number of amides is 1. The van der Waals surface area contributed by atoms with Crippen molar-refractivity contribution in [3.63, 3.8) is 0 Å². The summed E-state index contributed by atoms with van der Waals surface area (Å²) < 4.78 is 62.4. The molecule has 0 saturated carbocycles. The topological polar surface area (TPSA) is 108 Å². The quantitative estimate of drug-likeness (QED) is 0.179. The van der Waals surface area contributed by atoms with Crippen LogP contribution in [0.1, 0.15) is 15.9 Å². The highest BCUT2D eigenvalue weighted by atomic mass is 19.3. The fraction of sp³-hybridized carbons (Fsp3) is 0.269. The number of piperazine rings is 1. The third-order valence-electron chi connectivity index (χ3n) is 6.71. The van der Waals surface area contributed by atoms with E-state index in [0.717, 1.165) is 18.2 Å². The first-order chi connectivity index (χ1) is 18.5. The number of carbonyl (C=O) groups excluding carboxylic acids is 1. The summed E-state index contributed by atoms with van der Waals surface area (Å²) in [5, 5.41) is 16.5. The molecule has 9 nitrogen and oxygen atoms in total. The van der Waals surface area contributed by atoms with Gasteiger partial charge in [0.05, 0.1) is 16.6 Å². The SMILES string of the molecule is CN1CCN(C(=O)c2ccc(-c3ccc(N)[n+](C(=N)C(F)(F)c4cc5cn(C)nc5cc4F)n3)cc2F)CC1. The summed E-state index contributed by atoms with van der Waals surface area (Å²) in [5.74, 6) is -8.31. The average molecular weight is 542 g/mol. The summed E-state index contributed by atoms with van der Waals surface area (Å²) in [6.45, 7) is 2.30. The van der Waals surface area contributed by atoms with E-state index in [1.807, 2.05) is 7.05 Å². The summed E-state index contributed by atoms with van der Waals surface area (Å²) in [5.41, 5.74) is 5.08. The minimum atomic E-state index is -4.12. The molecule has 1 saturated heterocycles. The molecule has 0 atom stereocenters. The Bertz CT molecular complexity index is 1610. The Balaban J connectivity index is 1.45. The van der Waals surface area contributed by atoms with Crippen molar-refractivity contribution in [2.45, 2.75) is 5.92 Å². The van der Waals surface area contributed by atoms with Crippen molar-refractivity contribution in [3.05, 3.63) is 71.4 Å². The van der Waals surface area contributed by atoms with Gasteiger partial charge in [-0.3, -0.25) is 9.48 Å². The number of alkyl halides is 2. The number of nitrogens with one attached hydrogen (secondary N) is 1. The molecular weight excluding hydrogens is 516 g/mol. The predicted molar refractivity (Wildman–Crippen MR) is 135 cm³/mol. The first-order valence-electron chi connectivity index (χ1n) is 12.0. The smallest absolute Gasteiger partial charge is 0.336 e. The molecule has 1 aliphatic rings. The number of hydrogen-bond donors (Lipinski definition) is 2. The molecule has 3 N–H and O–H groups in total. The van der Waals surface area contributed by atoms with Crippen LogP contribution in [0.15, 0.2) is 48.7 Å². The lowest BCUT2D eigenvalue weighted by Gasteiger charge is -2.32. The van der Waals surface area contributed by atoms with Crippen LogP contribution in [-0.2, 0) is 13.0 Å². The van der Waals surface area contributed by atoms with Gasteiger partial charge in [0.1, 0.15) is 17.3 Å². The second-order valence-electron chi connectivity index (χ2n) is 9.46. The number of nitrogen functional groups attached to an aromatic ring is 1. The Labute approximate surface area is 220 Å². The van der Waals surface area contributed by atoms with Crippen LogP contribution in [0.25, 0.3) is 22.2 Å². The molecule has 2 aromatic carbocycles. The maximum Gasteiger partial charge on any atom is 0.364 e. The van der Waals surface area contributed by atoms with E-state index in [-0.39, 0.29) is 33.5 Å². The number of halogens is 4. The van der Waals surface area contributed by atoms with Crippen LogP contribution in [0.5, 0.6) is 0 Å². The number of likely N-dealkylation sites (N-methyl/N-ethyl adjacent to an activating group) is 1. The number of nitrogens with two attached hydrogens (primary N) is 1. The van der Waals surface area contributed by atoms with E-state index in [4.69, 9.17) is 11.1 Å². The number of aryl methyl sites for hydroxylation is 1. The molecule has 1 fully saturated rings. The summed E-state index contributed by atoms with van der Waals surface area (Å²) in [4.78, 5) is 16.4. The third kappa shape index (κ3) is 4.80. The number of rotatable bonds is 4. The summed E-state index contributed by atoms with van der Waals surface area (Å²) in [7, 11) is 3.51. The van der Waals surface area contributed by atoms with E-state index < -0.39 is 34.9 Å². The highest BCUT2D eigenvalue weighted by molar-refractivity contribution is 5.95. The normalized spacial score (nSPS) is 14.7. The maximum atomic E-state index is 15.4. The van der Waals surface area contributed by atoms with Crippen LogP contribution < -0.4 is 10.4 Å². The van der Waals surface area contributed by atoms with Crippen LogP contribution in [-0.4, -0.2) is 69.6 Å². The van der Waals surface area contributed by atoms with Gasteiger partial charge in [-0.05, 0) is 31.3 Å². The Morgan fingerprint density at radius 2 is 1.74 bits per heavy atom. The van der Waals surface area contributed by atoms with Gasteiger partial charge in [0.25, 0.3) is 5.91 Å². The number of fused-ring (bicyclic) bond motifs is 1. The molecule has 1 aliphatic heterocycles. The van der Waals surface area contributed by atoms with Crippen molar-refractivity contribution < 1.29 is 27.0 Å². The van der Waals surface area contributed by atoms with Crippen LogP contribution in [0, 0.1) is 17.0 Å². The minimum absolute atomic E-state index is 0.0189. The van der Waals surface area contributed by atoms with Gasteiger partial charge in [-0.2, -0.15) is 19.3 Å². The summed E-state index contributed by atoms with van der Waals surface area (Å²) in [6, 6.07) is 8.23. The van der Waals surface area contributed by atoms with Gasteiger partial charge in [0.2, 0.25) is 5.82 Å². The first kappa shape index (κ1) is 26.2. The van der Waals surface area contributed by atoms with Crippen LogP contribution in [0.2, 0.25) is 0 Å². The number of nitrogens with zero attached hydrogens (tertiary/aromatic N) is 6. The lowest BCUT2D eigenvalue weighted by molar-refractivity contribution is -0.616. The highest BCUT2D eigenvalue weighted by Crippen LogP contribution is 2.33. The minimum Gasteiger partial charge on any atom is -0.336 e. The molecule has 2 aromatic heterocycles. The Morgan fingerprint density at radius 3 is 2.44 bits per heavy atom. The molecule has 0 aliphatic carbocycles. The van der Waals surface area contributed by atoms with E-state index in [9.17, 15) is 9.18 Å². The molecule has 0 spiro atoms. The van der Waals surface area contributed by atoms with Crippen LogP contribution >= 0.6 is 0 Å². The highest BCUT2D eigenvalue weighted by Gasteiger charge is 2.47. The van der Waals surface area contributed by atoms with E-state index in [1.54, 1.807) is 11.9 Å². The number of aromatic nitrogens is 4. The fourth-order valence-corrected chi connectivity index (χ4v) is 4.47. The Kier molecular flexibility index (Phi) is 6.54. The molecule has 0 unspecified atom stereocenters. The fourth-order valence-electron chi connectivity index (χ4n) is 4.47. The second kappa shape index (κ2) is 9.73. The largest absolute Gasteiger partial charge is 0.364 e. The van der Waals surface area contributed by atoms with Gasteiger partial charge in [0.15, 0.2) is 0 Å². The molecule has 0 bridgehead atoms. The van der Waals surface area contributed by atoms with Crippen molar-refractivity contribution in [1.82, 2.24) is 24.7 Å². The number of benzene rings is 2. The molecule has 39 heavy (non-hydrogen) atoms. The number of carbonyl (C=O) groups is 1. The molecule has 4 aromatic rings. The third-order valence-corrected chi connectivity index (χ3v) is 6.71. The van der Waals surface area contributed by atoms with E-state index >= 15 is 13.2 Å². The lowest BCUT2D eigenvalue weighted by Crippen LogP contribution is -2.55. The van der Waals surface area contributed by atoms with Gasteiger partial charge >= 0.3 is 11.8 Å².